The first kappa shape index (κ1) is 18.8. The summed E-state index contributed by atoms with van der Waals surface area (Å²) in [7, 11) is -1.11. The summed E-state index contributed by atoms with van der Waals surface area (Å²) in [5, 5.41) is 15.3. The molecule has 26 heavy (non-hydrogen) atoms. The number of hydrogen-bond acceptors (Lipinski definition) is 7. The van der Waals surface area contributed by atoms with Crippen molar-refractivity contribution in [2.24, 2.45) is 0 Å². The van der Waals surface area contributed by atoms with E-state index in [1.165, 1.54) is 0 Å². The van der Waals surface area contributed by atoms with E-state index in [2.05, 4.69) is 40.5 Å². The van der Waals surface area contributed by atoms with Gasteiger partial charge < -0.3 is 20.5 Å². The third kappa shape index (κ3) is 5.02. The van der Waals surface area contributed by atoms with E-state index in [4.69, 9.17) is 15.2 Å². The zero-order valence-electron chi connectivity index (χ0n) is 15.7. The number of tetrazole rings is 1. The van der Waals surface area contributed by atoms with E-state index >= 15 is 0 Å². The van der Waals surface area contributed by atoms with Crippen LogP contribution in [0.15, 0.2) is 18.2 Å². The summed E-state index contributed by atoms with van der Waals surface area (Å²) in [6, 6.07) is 6.87. The quantitative estimate of drug-likeness (QED) is 0.394. The lowest BCUT2D eigenvalue weighted by Crippen LogP contribution is -2.33. The van der Waals surface area contributed by atoms with Crippen LogP contribution in [0.25, 0.3) is 11.4 Å². The zero-order chi connectivity index (χ0) is 18.6. The second kappa shape index (κ2) is 8.15. The minimum Gasteiger partial charge on any atom is -0.397 e. The van der Waals surface area contributed by atoms with Gasteiger partial charge in [0.2, 0.25) is 0 Å². The van der Waals surface area contributed by atoms with E-state index in [0.717, 1.165) is 43.5 Å². The summed E-state index contributed by atoms with van der Waals surface area (Å²) in [5.74, 6) is 0.668. The highest BCUT2D eigenvalue weighted by Crippen LogP contribution is 2.26. The number of rotatable bonds is 9. The molecule has 1 aromatic heterocycles. The molecule has 142 valence electrons. The molecule has 2 aromatic rings. The largest absolute Gasteiger partial charge is 0.397 e. The van der Waals surface area contributed by atoms with Crippen molar-refractivity contribution in [2.45, 2.75) is 44.9 Å². The molecule has 1 fully saturated rings. The first-order valence-electron chi connectivity index (χ1n) is 9.02. The second-order valence-corrected chi connectivity index (χ2v) is 13.4. The van der Waals surface area contributed by atoms with Gasteiger partial charge in [-0.2, -0.15) is 4.68 Å². The molecule has 1 aliphatic heterocycles. The molecule has 0 unspecified atom stereocenters. The smallest absolute Gasteiger partial charge is 0.184 e. The molecule has 0 spiro atoms. The van der Waals surface area contributed by atoms with Gasteiger partial charge in [-0.25, -0.2) is 0 Å². The number of benzene rings is 1. The molecule has 3 rings (SSSR count). The zero-order valence-corrected chi connectivity index (χ0v) is 16.7. The monoisotopic (exact) mass is 376 g/mol. The maximum Gasteiger partial charge on any atom is 0.184 e. The van der Waals surface area contributed by atoms with Crippen LogP contribution in [0.1, 0.15) is 6.42 Å². The maximum atomic E-state index is 6.08. The molecule has 2 heterocycles. The Balaban J connectivity index is 1.64. The minimum atomic E-state index is -1.11. The summed E-state index contributed by atoms with van der Waals surface area (Å²) in [6.07, 6.45) is 1.35. The molecular weight excluding hydrogens is 348 g/mol. The van der Waals surface area contributed by atoms with Gasteiger partial charge in [-0.15, -0.1) is 5.10 Å². The van der Waals surface area contributed by atoms with Crippen molar-refractivity contribution in [2.75, 3.05) is 30.8 Å². The maximum absolute atomic E-state index is 6.08. The highest BCUT2D eigenvalue weighted by Gasteiger charge is 2.18. The predicted molar refractivity (Wildman–Crippen MR) is 105 cm³/mol. The number of aromatic nitrogens is 4. The number of hydrogen-bond donors (Lipinski definition) is 2. The fraction of sp³-hybridized carbons (Fsp3) is 0.588. The molecule has 1 aliphatic rings. The number of ether oxygens (including phenoxy) is 2. The lowest BCUT2D eigenvalue weighted by Gasteiger charge is -2.27. The third-order valence-electron chi connectivity index (χ3n) is 4.37. The van der Waals surface area contributed by atoms with Gasteiger partial charge in [0.25, 0.3) is 0 Å². The number of anilines is 2. The van der Waals surface area contributed by atoms with Gasteiger partial charge >= 0.3 is 0 Å². The first-order valence-corrected chi connectivity index (χ1v) is 12.7. The molecule has 0 amide bonds. The van der Waals surface area contributed by atoms with E-state index < -0.39 is 8.07 Å². The lowest BCUT2D eigenvalue weighted by atomic mass is 10.1. The van der Waals surface area contributed by atoms with Crippen molar-refractivity contribution >= 4 is 19.4 Å². The van der Waals surface area contributed by atoms with E-state index in [1.54, 1.807) is 4.68 Å². The Morgan fingerprint density at radius 1 is 1.38 bits per heavy atom. The standard InChI is InChI=1S/C17H28N6O2Si/c1-26(2,3)9-8-24-12-23-17(20-21-22-23)13-4-5-15(18)16(10-13)19-11-14-6-7-25-14/h4-5,10,14,19H,6-9,11-12,18H2,1-3H3/t14-/m1/s1. The van der Waals surface area contributed by atoms with Gasteiger partial charge in [0, 0.05) is 33.4 Å². The SMILES string of the molecule is C[Si](C)(C)CCOCn1nnnc1-c1ccc(N)c(NC[C@H]2CCO2)c1. The van der Waals surface area contributed by atoms with Crippen molar-refractivity contribution < 1.29 is 9.47 Å². The topological polar surface area (TPSA) is 100 Å². The molecule has 3 N–H and O–H groups in total. The highest BCUT2D eigenvalue weighted by atomic mass is 28.3. The van der Waals surface area contributed by atoms with Crippen LogP contribution < -0.4 is 11.1 Å². The van der Waals surface area contributed by atoms with Crippen molar-refractivity contribution in [3.63, 3.8) is 0 Å². The number of nitrogens with one attached hydrogen (secondary N) is 1. The van der Waals surface area contributed by atoms with Crippen molar-refractivity contribution in [1.29, 1.82) is 0 Å². The Labute approximate surface area is 155 Å². The Hall–Kier alpha value is -1.97. The Kier molecular flexibility index (Phi) is 5.89. The van der Waals surface area contributed by atoms with Crippen LogP contribution in [0, 0.1) is 0 Å². The molecule has 1 saturated heterocycles. The van der Waals surface area contributed by atoms with E-state index in [0.29, 0.717) is 18.2 Å². The van der Waals surface area contributed by atoms with Gasteiger partial charge in [0.05, 0.1) is 17.5 Å². The van der Waals surface area contributed by atoms with Crippen molar-refractivity contribution in [3.8, 4) is 11.4 Å². The molecule has 0 aliphatic carbocycles. The van der Waals surface area contributed by atoms with Crippen molar-refractivity contribution in [3.05, 3.63) is 18.2 Å². The Bertz CT molecular complexity index is 726. The van der Waals surface area contributed by atoms with Crippen molar-refractivity contribution in [1.82, 2.24) is 20.2 Å². The molecule has 9 heteroatoms. The van der Waals surface area contributed by atoms with Gasteiger partial charge in [-0.05, 0) is 41.1 Å². The fourth-order valence-electron chi connectivity index (χ4n) is 2.55. The van der Waals surface area contributed by atoms with E-state index in [9.17, 15) is 0 Å². The lowest BCUT2D eigenvalue weighted by molar-refractivity contribution is -0.0410. The Morgan fingerprint density at radius 3 is 2.88 bits per heavy atom. The van der Waals surface area contributed by atoms with Crippen LogP contribution in [0.4, 0.5) is 11.4 Å². The molecular formula is C17H28N6O2Si. The van der Waals surface area contributed by atoms with Crippen LogP contribution in [-0.2, 0) is 16.2 Å². The third-order valence-corrected chi connectivity index (χ3v) is 6.07. The van der Waals surface area contributed by atoms with Gasteiger partial charge in [-0.1, -0.05) is 19.6 Å². The number of nitrogens with two attached hydrogens (primary N) is 1. The number of nitrogens with zero attached hydrogens (tertiary/aromatic N) is 4. The van der Waals surface area contributed by atoms with Crippen LogP contribution in [0.3, 0.4) is 0 Å². The van der Waals surface area contributed by atoms with E-state index in [-0.39, 0.29) is 6.10 Å². The molecule has 0 bridgehead atoms. The van der Waals surface area contributed by atoms with E-state index in [1.807, 2.05) is 18.2 Å². The first-order chi connectivity index (χ1) is 12.4. The summed E-state index contributed by atoms with van der Waals surface area (Å²) < 4.78 is 12.9. The normalized spacial score (nSPS) is 17.1. The summed E-state index contributed by atoms with van der Waals surface area (Å²) in [5.41, 5.74) is 8.54. The van der Waals surface area contributed by atoms with Crippen LogP contribution in [0.2, 0.25) is 25.7 Å². The Morgan fingerprint density at radius 2 is 2.19 bits per heavy atom. The predicted octanol–water partition coefficient (Wildman–Crippen LogP) is 2.44. The van der Waals surface area contributed by atoms with Gasteiger partial charge in [-0.3, -0.25) is 0 Å². The van der Waals surface area contributed by atoms with Crippen LogP contribution in [-0.4, -0.2) is 54.1 Å². The molecule has 0 saturated carbocycles. The minimum absolute atomic E-state index is 0.267. The van der Waals surface area contributed by atoms with Crippen LogP contribution >= 0.6 is 0 Å². The molecule has 8 nitrogen and oxygen atoms in total. The summed E-state index contributed by atoms with van der Waals surface area (Å²) in [4.78, 5) is 0. The van der Waals surface area contributed by atoms with Gasteiger partial charge in [0.15, 0.2) is 5.82 Å². The fourth-order valence-corrected chi connectivity index (χ4v) is 3.30. The average Bonchev–Trinajstić information content (AvgIpc) is 2.99. The summed E-state index contributed by atoms with van der Waals surface area (Å²) in [6.45, 7) is 9.65. The molecule has 1 atom stereocenters. The summed E-state index contributed by atoms with van der Waals surface area (Å²) >= 11 is 0. The van der Waals surface area contributed by atoms with Crippen LogP contribution in [0.5, 0.6) is 0 Å². The second-order valence-electron chi connectivity index (χ2n) is 7.81. The van der Waals surface area contributed by atoms with Gasteiger partial charge in [0.1, 0.15) is 6.73 Å². The highest BCUT2D eigenvalue weighted by molar-refractivity contribution is 6.76. The molecule has 1 aromatic carbocycles. The molecule has 0 radical (unpaired) electrons. The average molecular weight is 377 g/mol. The number of nitrogen functional groups attached to an aromatic ring is 1.